The van der Waals surface area contributed by atoms with E-state index in [-0.39, 0.29) is 17.9 Å². The van der Waals surface area contributed by atoms with Crippen LogP contribution in [0.4, 0.5) is 5.69 Å². The van der Waals surface area contributed by atoms with E-state index < -0.39 is 27.9 Å². The molecule has 3 aromatic rings. The van der Waals surface area contributed by atoms with Crippen LogP contribution in [0.5, 0.6) is 0 Å². The Morgan fingerprint density at radius 2 is 1.47 bits per heavy atom. The summed E-state index contributed by atoms with van der Waals surface area (Å²) in [5.41, 5.74) is 2.40. The van der Waals surface area contributed by atoms with Gasteiger partial charge in [-0.15, -0.1) is 0 Å². The van der Waals surface area contributed by atoms with Crippen LogP contribution in [0, 0.1) is 6.92 Å². The minimum atomic E-state index is -3.99. The maximum atomic E-state index is 13.5. The van der Waals surface area contributed by atoms with Crippen LogP contribution in [0.1, 0.15) is 17.5 Å². The van der Waals surface area contributed by atoms with Crippen molar-refractivity contribution in [1.82, 2.24) is 4.31 Å². The molecule has 0 radical (unpaired) electrons. The highest BCUT2D eigenvalue weighted by Gasteiger charge is 2.46. The Kier molecular flexibility index (Phi) is 6.21. The molecule has 1 unspecified atom stereocenters. The van der Waals surface area contributed by atoms with Crippen LogP contribution in [0.25, 0.3) is 0 Å². The molecule has 32 heavy (non-hydrogen) atoms. The number of rotatable bonds is 7. The molecule has 0 bridgehead atoms. The van der Waals surface area contributed by atoms with Gasteiger partial charge in [0.2, 0.25) is 15.9 Å². The Hall–Kier alpha value is -3.29. The lowest BCUT2D eigenvalue weighted by Crippen LogP contribution is -2.46. The first-order valence-corrected chi connectivity index (χ1v) is 11.9. The van der Waals surface area contributed by atoms with E-state index in [1.807, 2.05) is 49.4 Å². The number of amides is 2. The van der Waals surface area contributed by atoms with Crippen LogP contribution in [0.15, 0.2) is 89.8 Å². The molecule has 7 heteroatoms. The predicted octanol–water partition coefficient (Wildman–Crippen LogP) is 3.56. The summed E-state index contributed by atoms with van der Waals surface area (Å²) in [6.07, 6.45) is 0.239. The molecule has 0 N–H and O–H groups in total. The van der Waals surface area contributed by atoms with Crippen molar-refractivity contribution in [3.05, 3.63) is 96.1 Å². The van der Waals surface area contributed by atoms with Gasteiger partial charge in [-0.3, -0.25) is 9.59 Å². The number of nitrogens with zero attached hydrogens (tertiary/aromatic N) is 2. The Bertz CT molecular complexity index is 1210. The van der Waals surface area contributed by atoms with Gasteiger partial charge in [0, 0.05) is 6.54 Å². The van der Waals surface area contributed by atoms with Crippen molar-refractivity contribution >= 4 is 27.5 Å². The lowest BCUT2D eigenvalue weighted by molar-refractivity contribution is -0.122. The third-order valence-electron chi connectivity index (χ3n) is 5.58. The van der Waals surface area contributed by atoms with Crippen molar-refractivity contribution in [2.24, 2.45) is 0 Å². The molecule has 4 rings (SSSR count). The summed E-state index contributed by atoms with van der Waals surface area (Å²) in [6.45, 7) is 2.00. The Labute approximate surface area is 188 Å². The van der Waals surface area contributed by atoms with E-state index in [1.54, 1.807) is 30.3 Å². The maximum absolute atomic E-state index is 13.5. The van der Waals surface area contributed by atoms with E-state index in [9.17, 15) is 18.0 Å². The van der Waals surface area contributed by atoms with Gasteiger partial charge < -0.3 is 0 Å². The van der Waals surface area contributed by atoms with Crippen LogP contribution in [-0.2, 0) is 26.0 Å². The second-order valence-corrected chi connectivity index (χ2v) is 9.68. The Balaban J connectivity index is 1.68. The monoisotopic (exact) mass is 448 g/mol. The molecule has 6 nitrogen and oxygen atoms in total. The third kappa shape index (κ3) is 4.35. The summed E-state index contributed by atoms with van der Waals surface area (Å²) >= 11 is 0. The molecule has 0 aromatic heterocycles. The number of sulfonamides is 1. The largest absolute Gasteiger partial charge is 0.274 e. The summed E-state index contributed by atoms with van der Waals surface area (Å²) < 4.78 is 28.2. The van der Waals surface area contributed by atoms with E-state index in [1.165, 1.54) is 16.4 Å². The highest BCUT2D eigenvalue weighted by molar-refractivity contribution is 7.89. The average Bonchev–Trinajstić information content (AvgIpc) is 3.09. The number of hydrogen-bond acceptors (Lipinski definition) is 4. The van der Waals surface area contributed by atoms with E-state index in [4.69, 9.17) is 0 Å². The van der Waals surface area contributed by atoms with Crippen LogP contribution in [0.2, 0.25) is 0 Å². The van der Waals surface area contributed by atoms with Gasteiger partial charge in [0.25, 0.3) is 5.91 Å². The van der Waals surface area contributed by atoms with Crippen molar-refractivity contribution in [1.29, 1.82) is 0 Å². The van der Waals surface area contributed by atoms with E-state index in [0.717, 1.165) is 16.0 Å². The number of imide groups is 1. The molecule has 1 fully saturated rings. The maximum Gasteiger partial charge on any atom is 0.252 e. The van der Waals surface area contributed by atoms with E-state index in [2.05, 4.69) is 0 Å². The van der Waals surface area contributed by atoms with Gasteiger partial charge in [-0.25, -0.2) is 13.3 Å². The molecular formula is C25H24N2O4S. The molecule has 1 heterocycles. The van der Waals surface area contributed by atoms with Crippen LogP contribution < -0.4 is 4.90 Å². The minimum Gasteiger partial charge on any atom is -0.274 e. The Morgan fingerprint density at radius 3 is 2.09 bits per heavy atom. The average molecular weight is 449 g/mol. The quantitative estimate of drug-likeness (QED) is 0.518. The van der Waals surface area contributed by atoms with Gasteiger partial charge in [0.15, 0.2) is 0 Å². The Morgan fingerprint density at radius 1 is 0.875 bits per heavy atom. The van der Waals surface area contributed by atoms with Crippen molar-refractivity contribution in [2.45, 2.75) is 30.7 Å². The van der Waals surface area contributed by atoms with Crippen LogP contribution in [-0.4, -0.2) is 37.1 Å². The topological polar surface area (TPSA) is 74.8 Å². The lowest BCUT2D eigenvalue weighted by Gasteiger charge is -2.27. The first-order chi connectivity index (χ1) is 15.4. The lowest BCUT2D eigenvalue weighted by atomic mass is 10.1. The second-order valence-electron chi connectivity index (χ2n) is 7.79. The molecule has 0 saturated carbocycles. The summed E-state index contributed by atoms with van der Waals surface area (Å²) in [7, 11) is -3.99. The van der Waals surface area contributed by atoms with Gasteiger partial charge in [0.1, 0.15) is 6.04 Å². The van der Waals surface area contributed by atoms with Crippen molar-refractivity contribution in [3.63, 3.8) is 0 Å². The van der Waals surface area contributed by atoms with Crippen LogP contribution >= 0.6 is 0 Å². The summed E-state index contributed by atoms with van der Waals surface area (Å²) in [5.74, 6) is -0.928. The molecule has 1 saturated heterocycles. The first kappa shape index (κ1) is 21.9. The number of anilines is 1. The van der Waals surface area contributed by atoms with Crippen LogP contribution in [0.3, 0.4) is 0 Å². The van der Waals surface area contributed by atoms with Crippen molar-refractivity contribution < 1.29 is 18.0 Å². The van der Waals surface area contributed by atoms with Gasteiger partial charge in [-0.05, 0) is 43.2 Å². The molecule has 0 spiro atoms. The molecule has 1 atom stereocenters. The van der Waals surface area contributed by atoms with Gasteiger partial charge in [-0.2, -0.15) is 4.31 Å². The fraction of sp³-hybridized carbons (Fsp3) is 0.200. The SMILES string of the molecule is Cc1ccc(N2C(=O)CC(N(CCc3ccccc3)S(=O)(=O)c3ccccc3)C2=O)cc1. The fourth-order valence-corrected chi connectivity index (χ4v) is 5.46. The number of hydrogen-bond donors (Lipinski definition) is 0. The predicted molar refractivity (Wildman–Crippen MR) is 123 cm³/mol. The van der Waals surface area contributed by atoms with Gasteiger partial charge in [-0.1, -0.05) is 66.2 Å². The molecule has 3 aromatic carbocycles. The summed E-state index contributed by atoms with van der Waals surface area (Å²) in [5, 5.41) is 0. The highest BCUT2D eigenvalue weighted by Crippen LogP contribution is 2.29. The molecule has 1 aliphatic heterocycles. The van der Waals surface area contributed by atoms with Gasteiger partial charge in [0.05, 0.1) is 17.0 Å². The number of benzene rings is 3. The number of carbonyl (C=O) groups is 2. The molecular weight excluding hydrogens is 424 g/mol. The fourth-order valence-electron chi connectivity index (χ4n) is 3.86. The zero-order valence-electron chi connectivity index (χ0n) is 17.7. The van der Waals surface area contributed by atoms with Crippen molar-refractivity contribution in [3.8, 4) is 0 Å². The van der Waals surface area contributed by atoms with Gasteiger partial charge >= 0.3 is 0 Å². The summed E-state index contributed by atoms with van der Waals surface area (Å²) in [4.78, 5) is 27.3. The smallest absolute Gasteiger partial charge is 0.252 e. The van der Waals surface area contributed by atoms with E-state index in [0.29, 0.717) is 12.1 Å². The van der Waals surface area contributed by atoms with Crippen molar-refractivity contribution in [2.75, 3.05) is 11.4 Å². The molecule has 164 valence electrons. The zero-order valence-corrected chi connectivity index (χ0v) is 18.5. The molecule has 2 amide bonds. The van der Waals surface area contributed by atoms with E-state index >= 15 is 0 Å². The third-order valence-corrected chi connectivity index (χ3v) is 7.50. The normalized spacial score (nSPS) is 16.7. The minimum absolute atomic E-state index is 0.0899. The second kappa shape index (κ2) is 9.06. The summed E-state index contributed by atoms with van der Waals surface area (Å²) in [6, 6.07) is 23.5. The molecule has 1 aliphatic rings. The standard InChI is InChI=1S/C25H24N2O4S/c1-19-12-14-21(15-13-19)27-24(28)18-23(25(27)29)26(17-16-20-8-4-2-5-9-20)32(30,31)22-10-6-3-7-11-22/h2-15,23H,16-18H2,1H3. The highest BCUT2D eigenvalue weighted by atomic mass is 32.2. The number of carbonyl (C=O) groups excluding carboxylic acids is 2. The number of aryl methyl sites for hydroxylation is 1. The first-order valence-electron chi connectivity index (χ1n) is 10.4. The zero-order chi connectivity index (χ0) is 22.7. The molecule has 0 aliphatic carbocycles.